The van der Waals surface area contributed by atoms with Crippen LogP contribution in [0.4, 0.5) is 30.5 Å². The van der Waals surface area contributed by atoms with Crippen LogP contribution in [-0.4, -0.2) is 14.5 Å². The minimum Gasteiger partial charge on any atom is -0.326 e. The van der Waals surface area contributed by atoms with Gasteiger partial charge in [0.25, 0.3) is 11.2 Å². The average Bonchev–Trinajstić information content (AvgIpc) is 2.67. The lowest BCUT2D eigenvalue weighted by Crippen LogP contribution is -2.29. The average molecular weight is 425 g/mol. The Morgan fingerprint density at radius 3 is 2.28 bits per heavy atom. The van der Waals surface area contributed by atoms with Gasteiger partial charge in [0.05, 0.1) is 11.5 Å². The Balaban J connectivity index is 2.10. The lowest BCUT2D eigenvalue weighted by molar-refractivity contribution is -0.384. The predicted molar refractivity (Wildman–Crippen MR) is 100 cm³/mol. The maximum Gasteiger partial charge on any atom is 0.435 e. The molecular formula is C18H12ClF3N4O3. The van der Waals surface area contributed by atoms with Crippen molar-refractivity contribution in [3.05, 3.63) is 91.3 Å². The van der Waals surface area contributed by atoms with E-state index in [2.05, 4.69) is 10.3 Å². The number of anilines is 2. The van der Waals surface area contributed by atoms with E-state index in [-0.39, 0.29) is 17.9 Å². The summed E-state index contributed by atoms with van der Waals surface area (Å²) < 4.78 is 40.7. The number of nitro benzene ring substituents is 1. The van der Waals surface area contributed by atoms with E-state index in [1.165, 1.54) is 24.3 Å². The van der Waals surface area contributed by atoms with Gasteiger partial charge in [-0.3, -0.25) is 19.5 Å². The van der Waals surface area contributed by atoms with E-state index < -0.39 is 33.3 Å². The lowest BCUT2D eigenvalue weighted by atomic mass is 10.2. The number of nitro groups is 1. The van der Waals surface area contributed by atoms with Gasteiger partial charge in [-0.25, -0.2) is 4.98 Å². The molecule has 0 fully saturated rings. The summed E-state index contributed by atoms with van der Waals surface area (Å²) in [6.45, 7) is -0.0835. The molecule has 150 valence electrons. The van der Waals surface area contributed by atoms with Crippen molar-refractivity contribution in [2.45, 2.75) is 12.7 Å². The zero-order valence-corrected chi connectivity index (χ0v) is 15.2. The summed E-state index contributed by atoms with van der Waals surface area (Å²) >= 11 is 5.66. The summed E-state index contributed by atoms with van der Waals surface area (Å²) in [7, 11) is 0. The fourth-order valence-corrected chi connectivity index (χ4v) is 2.77. The maximum atomic E-state index is 13.3. The van der Waals surface area contributed by atoms with Crippen LogP contribution >= 0.6 is 11.6 Å². The molecule has 11 heteroatoms. The van der Waals surface area contributed by atoms with Crippen LogP contribution in [0.25, 0.3) is 0 Å². The highest BCUT2D eigenvalue weighted by Crippen LogP contribution is 2.33. The second-order valence-corrected chi connectivity index (χ2v) is 6.28. The molecule has 0 unspecified atom stereocenters. The SMILES string of the molecule is O=c1c(Cl)c(C(F)(F)F)nc(Nc2ccc([N+](=O)[O-])cc2)n1Cc1ccccc1. The quantitative estimate of drug-likeness (QED) is 0.477. The van der Waals surface area contributed by atoms with Gasteiger partial charge in [-0.1, -0.05) is 41.9 Å². The number of hydrogen-bond acceptors (Lipinski definition) is 5. The van der Waals surface area contributed by atoms with E-state index in [1.54, 1.807) is 30.3 Å². The molecule has 0 saturated heterocycles. The Morgan fingerprint density at radius 2 is 1.72 bits per heavy atom. The van der Waals surface area contributed by atoms with Crippen molar-refractivity contribution in [3.63, 3.8) is 0 Å². The van der Waals surface area contributed by atoms with Crippen molar-refractivity contribution in [1.82, 2.24) is 9.55 Å². The third-order valence-corrected chi connectivity index (χ3v) is 4.24. The van der Waals surface area contributed by atoms with Crippen molar-refractivity contribution >= 4 is 28.9 Å². The molecule has 1 N–H and O–H groups in total. The minimum absolute atomic E-state index is 0.0835. The van der Waals surface area contributed by atoms with Gasteiger partial charge in [-0.15, -0.1) is 0 Å². The van der Waals surface area contributed by atoms with E-state index in [9.17, 15) is 28.1 Å². The highest BCUT2D eigenvalue weighted by molar-refractivity contribution is 6.31. The van der Waals surface area contributed by atoms with E-state index in [1.807, 2.05) is 0 Å². The van der Waals surface area contributed by atoms with Gasteiger partial charge in [0.15, 0.2) is 5.69 Å². The van der Waals surface area contributed by atoms with Crippen molar-refractivity contribution in [1.29, 1.82) is 0 Å². The molecule has 0 atom stereocenters. The molecule has 0 aliphatic heterocycles. The number of hydrogen-bond donors (Lipinski definition) is 1. The van der Waals surface area contributed by atoms with Gasteiger partial charge >= 0.3 is 6.18 Å². The van der Waals surface area contributed by atoms with Crippen molar-refractivity contribution in [3.8, 4) is 0 Å². The molecule has 0 saturated carbocycles. The molecule has 29 heavy (non-hydrogen) atoms. The summed E-state index contributed by atoms with van der Waals surface area (Å²) in [5.41, 5.74) is -1.93. The molecule has 2 aromatic carbocycles. The van der Waals surface area contributed by atoms with Crippen LogP contribution in [0, 0.1) is 10.1 Å². The monoisotopic (exact) mass is 424 g/mol. The van der Waals surface area contributed by atoms with Crippen LogP contribution in [0.1, 0.15) is 11.3 Å². The van der Waals surface area contributed by atoms with Crippen molar-refractivity contribution in [2.75, 3.05) is 5.32 Å². The molecule has 0 aliphatic carbocycles. The zero-order chi connectivity index (χ0) is 21.2. The van der Waals surface area contributed by atoms with Crippen LogP contribution in [0.2, 0.25) is 5.02 Å². The summed E-state index contributed by atoms with van der Waals surface area (Å²) in [4.78, 5) is 26.2. The first-order valence-corrected chi connectivity index (χ1v) is 8.47. The second kappa shape index (κ2) is 7.92. The number of rotatable bonds is 5. The molecule has 7 nitrogen and oxygen atoms in total. The smallest absolute Gasteiger partial charge is 0.326 e. The molecule has 0 spiro atoms. The summed E-state index contributed by atoms with van der Waals surface area (Å²) in [6, 6.07) is 13.5. The number of non-ortho nitro benzene ring substituents is 1. The van der Waals surface area contributed by atoms with Crippen LogP contribution in [0.3, 0.4) is 0 Å². The van der Waals surface area contributed by atoms with Gasteiger partial charge in [0.2, 0.25) is 5.95 Å². The third kappa shape index (κ3) is 4.54. The Morgan fingerprint density at radius 1 is 1.10 bits per heavy atom. The number of benzene rings is 2. The van der Waals surface area contributed by atoms with Gasteiger partial charge in [-0.05, 0) is 17.7 Å². The molecule has 0 aliphatic rings. The highest BCUT2D eigenvalue weighted by atomic mass is 35.5. The van der Waals surface area contributed by atoms with E-state index in [0.717, 1.165) is 4.57 Å². The molecule has 3 aromatic rings. The molecule has 3 rings (SSSR count). The Kier molecular flexibility index (Phi) is 5.55. The first-order chi connectivity index (χ1) is 13.7. The van der Waals surface area contributed by atoms with Gasteiger partial charge in [0, 0.05) is 17.8 Å². The molecule has 0 amide bonds. The number of aromatic nitrogens is 2. The number of alkyl halides is 3. The Hall–Kier alpha value is -3.40. The van der Waals surface area contributed by atoms with E-state index in [4.69, 9.17) is 11.6 Å². The topological polar surface area (TPSA) is 90.1 Å². The standard InChI is InChI=1S/C18H12ClF3N4O3/c19-14-15(18(20,21)22)24-17(23-12-6-8-13(9-7-12)26(28)29)25(16(14)27)10-11-4-2-1-3-5-11/h1-9H,10H2,(H,23,24). The first-order valence-electron chi connectivity index (χ1n) is 8.10. The fourth-order valence-electron chi connectivity index (χ4n) is 2.52. The number of nitrogens with zero attached hydrogens (tertiary/aromatic N) is 3. The lowest BCUT2D eigenvalue weighted by Gasteiger charge is -2.17. The van der Waals surface area contributed by atoms with E-state index in [0.29, 0.717) is 5.56 Å². The largest absolute Gasteiger partial charge is 0.435 e. The Labute approximate surface area is 166 Å². The molecule has 0 bridgehead atoms. The second-order valence-electron chi connectivity index (χ2n) is 5.90. The van der Waals surface area contributed by atoms with Crippen LogP contribution < -0.4 is 10.9 Å². The number of halogens is 4. The zero-order valence-electron chi connectivity index (χ0n) is 14.5. The van der Waals surface area contributed by atoms with Gasteiger partial charge in [-0.2, -0.15) is 13.2 Å². The summed E-state index contributed by atoms with van der Waals surface area (Å²) in [6.07, 6.45) is -4.94. The van der Waals surface area contributed by atoms with Crippen molar-refractivity contribution in [2.24, 2.45) is 0 Å². The number of nitrogens with one attached hydrogen (secondary N) is 1. The van der Waals surface area contributed by atoms with Crippen LogP contribution in [0.5, 0.6) is 0 Å². The first kappa shape index (κ1) is 20.3. The molecular weight excluding hydrogens is 413 g/mol. The molecule has 1 aromatic heterocycles. The van der Waals surface area contributed by atoms with Crippen molar-refractivity contribution < 1.29 is 18.1 Å². The normalized spacial score (nSPS) is 11.3. The summed E-state index contributed by atoms with van der Waals surface area (Å²) in [5, 5.41) is 12.3. The minimum atomic E-state index is -4.94. The molecule has 1 heterocycles. The predicted octanol–water partition coefficient (Wildman–Crippen LogP) is 4.62. The van der Waals surface area contributed by atoms with Crippen LogP contribution in [-0.2, 0) is 12.7 Å². The third-order valence-electron chi connectivity index (χ3n) is 3.90. The van der Waals surface area contributed by atoms with E-state index >= 15 is 0 Å². The summed E-state index contributed by atoms with van der Waals surface area (Å²) in [5.74, 6) is -0.399. The van der Waals surface area contributed by atoms with Gasteiger partial charge in [0.1, 0.15) is 5.02 Å². The van der Waals surface area contributed by atoms with Gasteiger partial charge < -0.3 is 5.32 Å². The highest BCUT2D eigenvalue weighted by Gasteiger charge is 2.38. The fraction of sp³-hybridized carbons (Fsp3) is 0.111. The Bertz CT molecular complexity index is 1100. The molecule has 0 radical (unpaired) electrons. The maximum absolute atomic E-state index is 13.3. The van der Waals surface area contributed by atoms with Crippen LogP contribution in [0.15, 0.2) is 59.4 Å².